The highest BCUT2D eigenvalue weighted by Gasteiger charge is 2.30. The van der Waals surface area contributed by atoms with Crippen LogP contribution in [0.4, 0.5) is 22.2 Å². The van der Waals surface area contributed by atoms with E-state index in [0.29, 0.717) is 18.1 Å². The zero-order chi connectivity index (χ0) is 23.6. The molecule has 0 radical (unpaired) electrons. The molecule has 0 fully saturated rings. The van der Waals surface area contributed by atoms with Crippen LogP contribution in [0.25, 0.3) is 0 Å². The molecule has 0 bridgehead atoms. The first-order chi connectivity index (χ1) is 16.1. The maximum atomic E-state index is 12.8. The lowest BCUT2D eigenvalue weighted by molar-refractivity contribution is -0.100. The van der Waals surface area contributed by atoms with E-state index < -0.39 is 30.0 Å². The van der Waals surface area contributed by atoms with Gasteiger partial charge in [0.15, 0.2) is 17.5 Å². The summed E-state index contributed by atoms with van der Waals surface area (Å²) in [7, 11) is -2.37. The summed E-state index contributed by atoms with van der Waals surface area (Å²) in [6.07, 6.45) is 0. The van der Waals surface area contributed by atoms with Crippen LogP contribution in [0, 0.1) is 17.5 Å². The molecule has 0 aromatic heterocycles. The highest BCUT2D eigenvalue weighted by atomic mass is 19.3. The number of hydrogen-bond donors (Lipinski definition) is 0. The van der Waals surface area contributed by atoms with E-state index in [4.69, 9.17) is 0 Å². The minimum Gasteiger partial charge on any atom is -0.214 e. The molecular formula is C25H18BF5O2. The monoisotopic (exact) mass is 456 g/mol. The van der Waals surface area contributed by atoms with Crippen LogP contribution in [0.2, 0.25) is 0 Å². The number of hydrogen-bond acceptors (Lipinski definition) is 2. The third-order valence-electron chi connectivity index (χ3n) is 4.88. The molecule has 33 heavy (non-hydrogen) atoms. The predicted octanol–water partition coefficient (Wildman–Crippen LogP) is 6.47. The van der Waals surface area contributed by atoms with Crippen molar-refractivity contribution in [3.63, 3.8) is 0 Å². The second-order valence-electron chi connectivity index (χ2n) is 6.94. The van der Waals surface area contributed by atoms with Gasteiger partial charge in [0.05, 0.1) is 0 Å². The first-order valence-corrected chi connectivity index (χ1v) is 9.89. The molecule has 4 rings (SSSR count). The highest BCUT2D eigenvalue weighted by molar-refractivity contribution is 6.60. The number of rotatable bonds is 6. The van der Waals surface area contributed by atoms with Crippen molar-refractivity contribution in [2.45, 2.75) is 5.92 Å². The largest absolute Gasteiger partial charge is 0.571 e. The second-order valence-corrected chi connectivity index (χ2v) is 6.94. The van der Waals surface area contributed by atoms with E-state index in [1.807, 2.05) is 0 Å². The van der Waals surface area contributed by atoms with Crippen molar-refractivity contribution >= 4 is 12.6 Å². The van der Waals surface area contributed by atoms with E-state index in [2.05, 4.69) is 101 Å². The third-order valence-corrected chi connectivity index (χ3v) is 4.88. The van der Waals surface area contributed by atoms with Gasteiger partial charge in [-0.15, -0.1) is 0 Å². The Hall–Kier alpha value is -3.49. The molecule has 0 amide bonds. The van der Waals surface area contributed by atoms with Gasteiger partial charge in [0.1, 0.15) is 0 Å². The maximum absolute atomic E-state index is 12.8. The standard InChI is InChI=1S/C19H16.C6H2BF5O2/c1-4-10-16(11-5-1)19(17-12-6-2-7-13-17)18-14-8-3-9-15-18;8-4-2-1-3(5(9)6(4)10)7(13-11)14-12/h1-15,19H;1-2H. The van der Waals surface area contributed by atoms with E-state index in [-0.39, 0.29) is 0 Å². The SMILES string of the molecule is FOB(OF)c1ccc(F)c(F)c1F.c1ccc(C(c2ccccc2)c2ccccc2)cc1. The van der Waals surface area contributed by atoms with E-state index in [1.165, 1.54) is 16.7 Å². The molecule has 0 spiro atoms. The van der Waals surface area contributed by atoms with Crippen LogP contribution < -0.4 is 5.46 Å². The van der Waals surface area contributed by atoms with Crippen molar-refractivity contribution in [2.24, 2.45) is 0 Å². The Balaban J connectivity index is 0.000000196. The summed E-state index contributed by atoms with van der Waals surface area (Å²) >= 11 is 0. The van der Waals surface area contributed by atoms with Gasteiger partial charge >= 0.3 is 7.12 Å². The van der Waals surface area contributed by atoms with Crippen LogP contribution in [-0.4, -0.2) is 7.12 Å². The fraction of sp³-hybridized carbons (Fsp3) is 0.0400. The van der Waals surface area contributed by atoms with Crippen LogP contribution in [0.15, 0.2) is 103 Å². The van der Waals surface area contributed by atoms with Crippen LogP contribution in [0.1, 0.15) is 22.6 Å². The lowest BCUT2D eigenvalue weighted by Crippen LogP contribution is -2.36. The summed E-state index contributed by atoms with van der Waals surface area (Å²) < 4.78 is 60.7. The zero-order valence-electron chi connectivity index (χ0n) is 17.2. The Morgan fingerprint density at radius 1 is 0.515 bits per heavy atom. The Kier molecular flexibility index (Phi) is 8.75. The average molecular weight is 456 g/mol. The fourth-order valence-corrected chi connectivity index (χ4v) is 3.35. The molecule has 4 aromatic carbocycles. The summed E-state index contributed by atoms with van der Waals surface area (Å²) in [5.41, 5.74) is 3.08. The Bertz CT molecular complexity index is 1030. The Morgan fingerprint density at radius 3 is 1.27 bits per heavy atom. The van der Waals surface area contributed by atoms with Gasteiger partial charge in [0.25, 0.3) is 0 Å². The highest BCUT2D eigenvalue weighted by Crippen LogP contribution is 2.31. The molecule has 0 unspecified atom stereocenters. The van der Waals surface area contributed by atoms with Crippen molar-refractivity contribution in [1.82, 2.24) is 0 Å². The van der Waals surface area contributed by atoms with Crippen LogP contribution in [-0.2, 0) is 9.72 Å². The molecule has 0 saturated carbocycles. The van der Waals surface area contributed by atoms with Crippen molar-refractivity contribution in [2.75, 3.05) is 0 Å². The van der Waals surface area contributed by atoms with Crippen LogP contribution in [0.5, 0.6) is 0 Å². The van der Waals surface area contributed by atoms with Gasteiger partial charge in [0.2, 0.25) is 0 Å². The molecule has 2 nitrogen and oxygen atoms in total. The minimum atomic E-state index is -2.37. The molecule has 0 aliphatic heterocycles. The maximum Gasteiger partial charge on any atom is 0.571 e. The minimum absolute atomic E-state index is 0.309. The zero-order valence-corrected chi connectivity index (χ0v) is 17.2. The van der Waals surface area contributed by atoms with Gasteiger partial charge < -0.3 is 0 Å². The Labute approximate surface area is 188 Å². The van der Waals surface area contributed by atoms with Gasteiger partial charge in [-0.2, -0.15) is 0 Å². The smallest absolute Gasteiger partial charge is 0.214 e. The fourth-order valence-electron chi connectivity index (χ4n) is 3.35. The summed E-state index contributed by atoms with van der Waals surface area (Å²) in [5, 5.41) is 0. The molecule has 168 valence electrons. The first-order valence-electron chi connectivity index (χ1n) is 9.89. The summed E-state index contributed by atoms with van der Waals surface area (Å²) in [5.74, 6) is -4.81. The van der Waals surface area contributed by atoms with Gasteiger partial charge in [-0.3, -0.25) is 0 Å². The quantitative estimate of drug-likeness (QED) is 0.143. The van der Waals surface area contributed by atoms with E-state index >= 15 is 0 Å². The van der Waals surface area contributed by atoms with Gasteiger partial charge in [0, 0.05) is 11.4 Å². The number of halogens is 5. The van der Waals surface area contributed by atoms with Crippen molar-refractivity contribution in [1.29, 1.82) is 0 Å². The van der Waals surface area contributed by atoms with E-state index in [9.17, 15) is 22.2 Å². The summed E-state index contributed by atoms with van der Waals surface area (Å²) in [6.45, 7) is 0. The molecule has 0 heterocycles. The van der Waals surface area contributed by atoms with Crippen molar-refractivity contribution in [3.05, 3.63) is 137 Å². The second kappa shape index (κ2) is 11.9. The van der Waals surface area contributed by atoms with Crippen LogP contribution in [0.3, 0.4) is 0 Å². The molecule has 0 saturated heterocycles. The van der Waals surface area contributed by atoms with Crippen molar-refractivity contribution in [3.8, 4) is 0 Å². The average Bonchev–Trinajstić information content (AvgIpc) is 2.87. The van der Waals surface area contributed by atoms with E-state index in [1.54, 1.807) is 0 Å². The van der Waals surface area contributed by atoms with Crippen LogP contribution >= 0.6 is 0 Å². The third kappa shape index (κ3) is 6.06. The molecule has 0 N–H and O–H groups in total. The summed E-state index contributed by atoms with van der Waals surface area (Å²) in [4.78, 5) is 5.67. The molecule has 8 heteroatoms. The van der Waals surface area contributed by atoms with E-state index in [0.717, 1.165) is 0 Å². The van der Waals surface area contributed by atoms with Gasteiger partial charge in [-0.25, -0.2) is 22.9 Å². The first kappa shape index (κ1) is 24.2. The number of benzene rings is 4. The molecule has 0 atom stereocenters. The van der Waals surface area contributed by atoms with Crippen molar-refractivity contribution < 1.29 is 31.9 Å². The lowest BCUT2D eigenvalue weighted by Gasteiger charge is -2.18. The summed E-state index contributed by atoms with van der Waals surface area (Å²) in [6, 6.07) is 33.1. The molecule has 0 aliphatic rings. The van der Waals surface area contributed by atoms with Gasteiger partial charge in [-0.1, -0.05) is 106 Å². The predicted molar refractivity (Wildman–Crippen MR) is 116 cm³/mol. The topological polar surface area (TPSA) is 18.5 Å². The van der Waals surface area contributed by atoms with Gasteiger partial charge in [-0.05, 0) is 22.8 Å². The molecular weight excluding hydrogens is 438 g/mol. The Morgan fingerprint density at radius 2 is 0.909 bits per heavy atom. The normalized spacial score (nSPS) is 10.5. The lowest BCUT2D eigenvalue weighted by atomic mass is 9.79. The molecule has 4 aromatic rings. The molecule has 0 aliphatic carbocycles.